The van der Waals surface area contributed by atoms with Crippen molar-refractivity contribution >= 4 is 5.82 Å². The Balaban J connectivity index is 2.40. The molecule has 2 rings (SSSR count). The third-order valence-corrected chi connectivity index (χ3v) is 2.59. The summed E-state index contributed by atoms with van der Waals surface area (Å²) >= 11 is 0. The summed E-state index contributed by atoms with van der Waals surface area (Å²) in [6.07, 6.45) is 1.81. The molecule has 4 heteroatoms. The topological polar surface area (TPSA) is 42.7 Å². The van der Waals surface area contributed by atoms with E-state index in [4.69, 9.17) is 0 Å². The van der Waals surface area contributed by atoms with Crippen molar-refractivity contribution in [1.29, 1.82) is 0 Å². The average Bonchev–Trinajstić information content (AvgIpc) is 2.61. The van der Waals surface area contributed by atoms with Gasteiger partial charge in [0.15, 0.2) is 0 Å². The zero-order valence-electron chi connectivity index (χ0n) is 9.86. The van der Waals surface area contributed by atoms with Crippen LogP contribution in [-0.4, -0.2) is 21.1 Å². The van der Waals surface area contributed by atoms with E-state index < -0.39 is 0 Å². The van der Waals surface area contributed by atoms with Crippen LogP contribution in [0.2, 0.25) is 0 Å². The first-order chi connectivity index (χ1) is 7.72. The van der Waals surface area contributed by atoms with Crippen molar-refractivity contribution in [2.45, 2.75) is 20.8 Å². The number of nitrogens with one attached hydrogen (secondary N) is 1. The fourth-order valence-corrected chi connectivity index (χ4v) is 1.57. The van der Waals surface area contributed by atoms with Gasteiger partial charge in [0.05, 0.1) is 5.69 Å². The Morgan fingerprint density at radius 2 is 2.12 bits per heavy atom. The Morgan fingerprint density at radius 3 is 2.75 bits per heavy atom. The summed E-state index contributed by atoms with van der Waals surface area (Å²) in [5, 5.41) is 3.20. The van der Waals surface area contributed by atoms with Gasteiger partial charge in [-0.15, -0.1) is 0 Å². The first-order valence-electron chi connectivity index (χ1n) is 5.44. The van der Waals surface area contributed by atoms with Gasteiger partial charge in [0.2, 0.25) is 0 Å². The first-order valence-corrected chi connectivity index (χ1v) is 5.44. The average molecular weight is 216 g/mol. The van der Waals surface area contributed by atoms with Crippen molar-refractivity contribution in [1.82, 2.24) is 14.5 Å². The molecule has 0 spiro atoms. The Kier molecular flexibility index (Phi) is 2.90. The zero-order chi connectivity index (χ0) is 11.5. The molecule has 0 unspecified atom stereocenters. The molecule has 84 valence electrons. The molecule has 2 aromatic heterocycles. The van der Waals surface area contributed by atoms with Crippen LogP contribution >= 0.6 is 0 Å². The van der Waals surface area contributed by atoms with Crippen LogP contribution < -0.4 is 5.32 Å². The van der Waals surface area contributed by atoms with Gasteiger partial charge in [0, 0.05) is 12.2 Å². The van der Waals surface area contributed by atoms with E-state index in [0.717, 1.165) is 29.6 Å². The van der Waals surface area contributed by atoms with Crippen molar-refractivity contribution < 1.29 is 0 Å². The van der Waals surface area contributed by atoms with Crippen LogP contribution in [0.15, 0.2) is 24.5 Å². The lowest BCUT2D eigenvalue weighted by atomic mass is 10.3. The predicted molar refractivity (Wildman–Crippen MR) is 65.0 cm³/mol. The molecule has 0 saturated carbocycles. The highest BCUT2D eigenvalue weighted by atomic mass is 15.1. The maximum absolute atomic E-state index is 4.52. The van der Waals surface area contributed by atoms with Gasteiger partial charge in [0.1, 0.15) is 18.0 Å². The number of pyridine rings is 1. The molecule has 0 bridgehead atoms. The normalized spacial score (nSPS) is 10.4. The third kappa shape index (κ3) is 1.91. The number of anilines is 1. The van der Waals surface area contributed by atoms with E-state index >= 15 is 0 Å². The highest BCUT2D eigenvalue weighted by molar-refractivity contribution is 5.40. The molecule has 1 N–H and O–H groups in total. The minimum Gasteiger partial charge on any atom is -0.370 e. The van der Waals surface area contributed by atoms with Gasteiger partial charge < -0.3 is 5.32 Å². The van der Waals surface area contributed by atoms with E-state index in [-0.39, 0.29) is 0 Å². The lowest BCUT2D eigenvalue weighted by Crippen LogP contribution is -2.03. The van der Waals surface area contributed by atoms with Crippen LogP contribution in [0.5, 0.6) is 0 Å². The first kappa shape index (κ1) is 10.7. The van der Waals surface area contributed by atoms with Gasteiger partial charge in [-0.05, 0) is 32.9 Å². The lowest BCUT2D eigenvalue weighted by molar-refractivity contribution is 0.948. The smallest absolute Gasteiger partial charge is 0.140 e. The Labute approximate surface area is 95.4 Å². The number of nitrogens with zero attached hydrogens (tertiary/aromatic N) is 3. The lowest BCUT2D eigenvalue weighted by Gasteiger charge is -2.07. The fraction of sp³-hybridized carbons (Fsp3) is 0.333. The number of hydrogen-bond acceptors (Lipinski definition) is 3. The molecule has 0 radical (unpaired) electrons. The van der Waals surface area contributed by atoms with Gasteiger partial charge in [-0.3, -0.25) is 4.57 Å². The molecule has 0 aliphatic carbocycles. The molecular formula is C12H16N4. The van der Waals surface area contributed by atoms with Gasteiger partial charge in [-0.1, -0.05) is 6.07 Å². The number of aryl methyl sites for hydroxylation is 1. The van der Waals surface area contributed by atoms with Crippen LogP contribution in [0.3, 0.4) is 0 Å². The molecule has 16 heavy (non-hydrogen) atoms. The summed E-state index contributed by atoms with van der Waals surface area (Å²) in [5.74, 6) is 1.79. The van der Waals surface area contributed by atoms with E-state index in [1.165, 1.54) is 0 Å². The van der Waals surface area contributed by atoms with Crippen molar-refractivity contribution in [2.75, 3.05) is 11.9 Å². The molecule has 2 heterocycles. The maximum atomic E-state index is 4.52. The highest BCUT2D eigenvalue weighted by Gasteiger charge is 2.05. The summed E-state index contributed by atoms with van der Waals surface area (Å²) < 4.78 is 2.00. The van der Waals surface area contributed by atoms with E-state index in [0.29, 0.717) is 0 Å². The Bertz CT molecular complexity index is 488. The minimum atomic E-state index is 0.873. The van der Waals surface area contributed by atoms with Gasteiger partial charge in [-0.2, -0.15) is 0 Å². The Morgan fingerprint density at radius 1 is 1.31 bits per heavy atom. The summed E-state index contributed by atoms with van der Waals surface area (Å²) in [6.45, 7) is 6.98. The summed E-state index contributed by atoms with van der Waals surface area (Å²) in [5.41, 5.74) is 2.16. The van der Waals surface area contributed by atoms with Gasteiger partial charge >= 0.3 is 0 Å². The molecule has 0 aromatic carbocycles. The maximum Gasteiger partial charge on any atom is 0.140 e. The molecule has 0 aliphatic rings. The van der Waals surface area contributed by atoms with E-state index in [1.807, 2.05) is 42.9 Å². The second-order valence-corrected chi connectivity index (χ2v) is 3.70. The number of imidazole rings is 1. The second kappa shape index (κ2) is 4.35. The molecule has 2 aromatic rings. The molecule has 0 saturated heterocycles. The number of aromatic nitrogens is 3. The van der Waals surface area contributed by atoms with Crippen molar-refractivity contribution in [3.05, 3.63) is 35.9 Å². The monoisotopic (exact) mass is 216 g/mol. The molecule has 0 aliphatic heterocycles. The summed E-state index contributed by atoms with van der Waals surface area (Å²) in [7, 11) is 0. The standard InChI is InChI=1S/C12H16N4/c1-4-13-11-6-5-7-12(15-11)16-8-14-9(2)10(16)3/h5-8H,4H2,1-3H3,(H,13,15). The summed E-state index contributed by atoms with van der Waals surface area (Å²) in [4.78, 5) is 8.79. The van der Waals surface area contributed by atoms with Gasteiger partial charge in [0.25, 0.3) is 0 Å². The zero-order valence-corrected chi connectivity index (χ0v) is 9.86. The van der Waals surface area contributed by atoms with E-state index in [1.54, 1.807) is 0 Å². The highest BCUT2D eigenvalue weighted by Crippen LogP contribution is 2.13. The van der Waals surface area contributed by atoms with E-state index in [9.17, 15) is 0 Å². The van der Waals surface area contributed by atoms with Gasteiger partial charge in [-0.25, -0.2) is 9.97 Å². The van der Waals surface area contributed by atoms with Crippen molar-refractivity contribution in [3.63, 3.8) is 0 Å². The van der Waals surface area contributed by atoms with Crippen molar-refractivity contribution in [2.24, 2.45) is 0 Å². The van der Waals surface area contributed by atoms with Crippen LogP contribution in [0.25, 0.3) is 5.82 Å². The van der Waals surface area contributed by atoms with E-state index in [2.05, 4.69) is 22.2 Å². The van der Waals surface area contributed by atoms with Crippen molar-refractivity contribution in [3.8, 4) is 5.82 Å². The second-order valence-electron chi connectivity index (χ2n) is 3.70. The number of hydrogen-bond donors (Lipinski definition) is 1. The number of rotatable bonds is 3. The van der Waals surface area contributed by atoms with Crippen LogP contribution in [-0.2, 0) is 0 Å². The fourth-order valence-electron chi connectivity index (χ4n) is 1.57. The van der Waals surface area contributed by atoms with Crippen LogP contribution in [0.4, 0.5) is 5.82 Å². The molecular weight excluding hydrogens is 200 g/mol. The summed E-state index contributed by atoms with van der Waals surface area (Å²) in [6, 6.07) is 5.94. The largest absolute Gasteiger partial charge is 0.370 e. The molecule has 0 amide bonds. The molecule has 0 fully saturated rings. The quantitative estimate of drug-likeness (QED) is 0.856. The SMILES string of the molecule is CCNc1cccc(-n2cnc(C)c2C)n1. The molecule has 4 nitrogen and oxygen atoms in total. The van der Waals surface area contributed by atoms with Crippen LogP contribution in [0, 0.1) is 13.8 Å². The van der Waals surface area contributed by atoms with Crippen LogP contribution in [0.1, 0.15) is 18.3 Å². The minimum absolute atomic E-state index is 0.873. The Hall–Kier alpha value is -1.84. The predicted octanol–water partition coefficient (Wildman–Crippen LogP) is 2.32. The third-order valence-electron chi connectivity index (χ3n) is 2.59. The molecule has 0 atom stereocenters.